The molecule has 1 aromatic heterocycles. The second-order valence-electron chi connectivity index (χ2n) is 3.23. The molecule has 1 N–H and O–H groups in total. The molecule has 0 saturated carbocycles. The van der Waals surface area contributed by atoms with Gasteiger partial charge in [-0.3, -0.25) is 0 Å². The highest BCUT2D eigenvalue weighted by molar-refractivity contribution is 7.98. The summed E-state index contributed by atoms with van der Waals surface area (Å²) in [6.07, 6.45) is 1.49. The van der Waals surface area contributed by atoms with Crippen LogP contribution >= 0.6 is 11.8 Å². The van der Waals surface area contributed by atoms with Gasteiger partial charge in [0.15, 0.2) is 0 Å². The highest BCUT2D eigenvalue weighted by Gasteiger charge is 2.08. The molecule has 0 atom stereocenters. The van der Waals surface area contributed by atoms with E-state index in [0.29, 0.717) is 5.75 Å². The van der Waals surface area contributed by atoms with Gasteiger partial charge < -0.3 is 9.52 Å². The monoisotopic (exact) mass is 234 g/mol. The molecule has 0 aliphatic carbocycles. The van der Waals surface area contributed by atoms with Crippen molar-refractivity contribution >= 4 is 17.7 Å². The lowest BCUT2D eigenvalue weighted by molar-refractivity contribution is 0.0662. The molecule has 82 valence electrons. The zero-order chi connectivity index (χ0) is 11.4. The summed E-state index contributed by atoms with van der Waals surface area (Å²) >= 11 is 1.65. The van der Waals surface area contributed by atoms with E-state index in [-0.39, 0.29) is 5.76 Å². The fraction of sp³-hybridized carbons (Fsp3) is 0.0833. The number of rotatable bonds is 4. The van der Waals surface area contributed by atoms with Crippen LogP contribution in [0.15, 0.2) is 52.0 Å². The number of aromatic carboxylic acids is 1. The predicted molar refractivity (Wildman–Crippen MR) is 61.7 cm³/mol. The Morgan fingerprint density at radius 2 is 2.06 bits per heavy atom. The summed E-state index contributed by atoms with van der Waals surface area (Å²) in [5.41, 5.74) is 0.881. The van der Waals surface area contributed by atoms with Gasteiger partial charge in [0.05, 0.1) is 6.26 Å². The number of benzene rings is 1. The van der Waals surface area contributed by atoms with Crippen molar-refractivity contribution in [1.29, 1.82) is 0 Å². The molecule has 2 rings (SSSR count). The molecule has 0 saturated heterocycles. The van der Waals surface area contributed by atoms with E-state index in [9.17, 15) is 4.79 Å². The van der Waals surface area contributed by atoms with Crippen LogP contribution in [-0.4, -0.2) is 11.1 Å². The first-order chi connectivity index (χ1) is 7.75. The average molecular weight is 234 g/mol. The Morgan fingerprint density at radius 1 is 1.31 bits per heavy atom. The summed E-state index contributed by atoms with van der Waals surface area (Å²) in [5.74, 6) is -0.333. The largest absolute Gasteiger partial charge is 0.475 e. The van der Waals surface area contributed by atoms with Crippen molar-refractivity contribution < 1.29 is 14.3 Å². The highest BCUT2D eigenvalue weighted by Crippen LogP contribution is 2.23. The first-order valence-corrected chi connectivity index (χ1v) is 5.73. The van der Waals surface area contributed by atoms with Gasteiger partial charge in [-0.1, -0.05) is 18.2 Å². The minimum atomic E-state index is -1.03. The molecule has 4 heteroatoms. The quantitative estimate of drug-likeness (QED) is 0.825. The fourth-order valence-electron chi connectivity index (χ4n) is 1.25. The number of thioether (sulfide) groups is 1. The Kier molecular flexibility index (Phi) is 3.31. The second kappa shape index (κ2) is 4.90. The number of carboxylic acids is 1. The maximum Gasteiger partial charge on any atom is 0.371 e. The lowest BCUT2D eigenvalue weighted by Gasteiger charge is -1.97. The number of hydrogen-bond donors (Lipinski definition) is 1. The van der Waals surface area contributed by atoms with Crippen LogP contribution in [0.4, 0.5) is 0 Å². The Bertz CT molecular complexity index is 476. The number of carboxylic acid groups (broad SMARTS) is 1. The molecule has 3 nitrogen and oxygen atoms in total. The van der Waals surface area contributed by atoms with Gasteiger partial charge in [0.25, 0.3) is 0 Å². The van der Waals surface area contributed by atoms with Crippen molar-refractivity contribution in [3.8, 4) is 0 Å². The molecule has 0 amide bonds. The predicted octanol–water partition coefficient (Wildman–Crippen LogP) is 3.27. The van der Waals surface area contributed by atoms with Crippen molar-refractivity contribution in [2.24, 2.45) is 0 Å². The zero-order valence-corrected chi connectivity index (χ0v) is 9.24. The minimum Gasteiger partial charge on any atom is -0.475 e. The van der Waals surface area contributed by atoms with Gasteiger partial charge in [-0.05, 0) is 18.2 Å². The molecule has 0 spiro atoms. The number of carbonyl (C=O) groups is 1. The van der Waals surface area contributed by atoms with Crippen molar-refractivity contribution in [1.82, 2.24) is 0 Å². The molecule has 1 aromatic carbocycles. The minimum absolute atomic E-state index is 0.0105. The molecular weight excluding hydrogens is 224 g/mol. The standard InChI is InChI=1S/C12H10O3S/c13-12(14)11-6-9(7-15-11)8-16-10-4-2-1-3-5-10/h1-7H,8H2,(H,13,14). The van der Waals surface area contributed by atoms with Crippen LogP contribution in [0.25, 0.3) is 0 Å². The normalized spacial score (nSPS) is 10.2. The molecule has 2 aromatic rings. The number of hydrogen-bond acceptors (Lipinski definition) is 3. The summed E-state index contributed by atoms with van der Waals surface area (Å²) in [7, 11) is 0. The van der Waals surface area contributed by atoms with Gasteiger partial charge in [0.2, 0.25) is 5.76 Å². The Balaban J connectivity index is 1.97. The topological polar surface area (TPSA) is 50.4 Å². The smallest absolute Gasteiger partial charge is 0.371 e. The molecule has 0 bridgehead atoms. The van der Waals surface area contributed by atoms with Crippen LogP contribution in [0, 0.1) is 0 Å². The first kappa shape index (κ1) is 10.8. The summed E-state index contributed by atoms with van der Waals surface area (Å²) in [6, 6.07) is 11.5. The average Bonchev–Trinajstić information content (AvgIpc) is 2.76. The lowest BCUT2D eigenvalue weighted by atomic mass is 10.3. The maximum absolute atomic E-state index is 10.6. The van der Waals surface area contributed by atoms with E-state index >= 15 is 0 Å². The molecule has 0 aliphatic rings. The third-order valence-corrected chi connectivity index (χ3v) is 3.10. The Hall–Kier alpha value is -1.68. The molecule has 0 unspecified atom stereocenters. The van der Waals surface area contributed by atoms with E-state index in [1.54, 1.807) is 17.8 Å². The van der Waals surface area contributed by atoms with Gasteiger partial charge in [0, 0.05) is 16.2 Å². The first-order valence-electron chi connectivity index (χ1n) is 4.74. The van der Waals surface area contributed by atoms with Crippen molar-refractivity contribution in [2.75, 3.05) is 0 Å². The van der Waals surface area contributed by atoms with Crippen molar-refractivity contribution in [3.05, 3.63) is 54.0 Å². The molecule has 0 aliphatic heterocycles. The fourth-order valence-corrected chi connectivity index (χ4v) is 2.08. The van der Waals surface area contributed by atoms with E-state index in [2.05, 4.69) is 0 Å². The Labute approximate surface area is 97.1 Å². The Morgan fingerprint density at radius 3 is 2.69 bits per heavy atom. The van der Waals surface area contributed by atoms with Gasteiger partial charge in [0.1, 0.15) is 0 Å². The second-order valence-corrected chi connectivity index (χ2v) is 4.27. The van der Waals surface area contributed by atoms with E-state index < -0.39 is 5.97 Å². The van der Waals surface area contributed by atoms with Crippen LogP contribution in [-0.2, 0) is 5.75 Å². The van der Waals surface area contributed by atoms with Crippen molar-refractivity contribution in [3.63, 3.8) is 0 Å². The van der Waals surface area contributed by atoms with E-state index in [1.807, 2.05) is 30.3 Å². The van der Waals surface area contributed by atoms with Crippen LogP contribution < -0.4 is 0 Å². The highest BCUT2D eigenvalue weighted by atomic mass is 32.2. The van der Waals surface area contributed by atoms with Crippen LogP contribution in [0.3, 0.4) is 0 Å². The molecule has 0 fully saturated rings. The maximum atomic E-state index is 10.6. The third kappa shape index (κ3) is 2.67. The van der Waals surface area contributed by atoms with E-state index in [0.717, 1.165) is 10.5 Å². The van der Waals surface area contributed by atoms with Crippen LogP contribution in [0.2, 0.25) is 0 Å². The molecule has 1 heterocycles. The van der Waals surface area contributed by atoms with Gasteiger partial charge in [-0.2, -0.15) is 0 Å². The van der Waals surface area contributed by atoms with Crippen LogP contribution in [0.5, 0.6) is 0 Å². The van der Waals surface area contributed by atoms with Gasteiger partial charge >= 0.3 is 5.97 Å². The SMILES string of the molecule is O=C(O)c1cc(CSc2ccccc2)co1. The third-order valence-electron chi connectivity index (χ3n) is 2.01. The van der Waals surface area contributed by atoms with E-state index in [4.69, 9.17) is 9.52 Å². The molecule has 0 radical (unpaired) electrons. The summed E-state index contributed by atoms with van der Waals surface area (Å²) < 4.78 is 4.90. The summed E-state index contributed by atoms with van der Waals surface area (Å²) in [6.45, 7) is 0. The molecular formula is C12H10O3S. The van der Waals surface area contributed by atoms with Gasteiger partial charge in [-0.25, -0.2) is 4.79 Å². The van der Waals surface area contributed by atoms with Crippen molar-refractivity contribution in [2.45, 2.75) is 10.6 Å². The summed E-state index contributed by atoms with van der Waals surface area (Å²) in [5, 5.41) is 8.68. The summed E-state index contributed by atoms with van der Waals surface area (Å²) in [4.78, 5) is 11.7. The number of furan rings is 1. The van der Waals surface area contributed by atoms with Gasteiger partial charge in [-0.15, -0.1) is 11.8 Å². The molecule has 16 heavy (non-hydrogen) atoms. The van der Waals surface area contributed by atoms with E-state index in [1.165, 1.54) is 6.26 Å². The zero-order valence-electron chi connectivity index (χ0n) is 8.42. The van der Waals surface area contributed by atoms with Crippen LogP contribution in [0.1, 0.15) is 16.1 Å². The lowest BCUT2D eigenvalue weighted by Crippen LogP contribution is -1.91.